The quantitative estimate of drug-likeness (QED) is 0.348. The predicted molar refractivity (Wildman–Crippen MR) is 135 cm³/mol. The molecule has 2 unspecified atom stereocenters. The highest BCUT2D eigenvalue weighted by Gasteiger charge is 2.33. The minimum Gasteiger partial charge on any atom is -0.489 e. The lowest BCUT2D eigenvalue weighted by Gasteiger charge is -2.21. The second-order valence-corrected chi connectivity index (χ2v) is 8.79. The van der Waals surface area contributed by atoms with Crippen molar-refractivity contribution in [3.8, 4) is 5.75 Å². The molecule has 2 aromatic heterocycles. The number of carboxylic acid groups (broad SMARTS) is 1. The van der Waals surface area contributed by atoms with Gasteiger partial charge in [0.25, 0.3) is 5.91 Å². The molecule has 4 aromatic rings. The van der Waals surface area contributed by atoms with Crippen LogP contribution in [0, 0.1) is 6.92 Å². The van der Waals surface area contributed by atoms with Gasteiger partial charge < -0.3 is 24.4 Å². The Bertz CT molecular complexity index is 1450. The highest BCUT2D eigenvalue weighted by Crippen LogP contribution is 2.24. The Morgan fingerprint density at radius 2 is 1.95 bits per heavy atom. The van der Waals surface area contributed by atoms with Crippen LogP contribution in [0.3, 0.4) is 0 Å². The van der Waals surface area contributed by atoms with E-state index in [4.69, 9.17) is 14.0 Å². The van der Waals surface area contributed by atoms with Crippen molar-refractivity contribution in [1.82, 2.24) is 10.3 Å². The van der Waals surface area contributed by atoms with E-state index in [1.165, 1.54) is 12.3 Å². The summed E-state index contributed by atoms with van der Waals surface area (Å²) < 4.78 is 11.1. The minimum atomic E-state index is -1.06. The molecule has 0 aliphatic carbocycles. The van der Waals surface area contributed by atoms with E-state index in [0.29, 0.717) is 24.5 Å². The number of amides is 1. The van der Waals surface area contributed by atoms with Gasteiger partial charge in [-0.2, -0.15) is 0 Å². The van der Waals surface area contributed by atoms with Gasteiger partial charge in [-0.25, -0.2) is 0 Å². The molecule has 9 nitrogen and oxygen atoms in total. The second-order valence-electron chi connectivity index (χ2n) is 8.79. The Kier molecular flexibility index (Phi) is 6.85. The third-order valence-corrected chi connectivity index (χ3v) is 6.11. The number of nitrogens with one attached hydrogen (secondary N) is 1. The van der Waals surface area contributed by atoms with E-state index >= 15 is 0 Å². The molecule has 2 atom stereocenters. The summed E-state index contributed by atoms with van der Waals surface area (Å²) in [5.41, 5.74) is 4.42. The standard InChI is InChI=1S/C28H25N3O6/c1-17-13-19(21-5-2-3-6-22(21)29-17)16-36-20-10-8-18(9-11-20)23-14-26(37-31-23)24(15-27(32)33)30-28(34)25-7-4-12-35-25/h2-13,24,26H,14-16H2,1H3,(H,30,34)(H,32,33). The predicted octanol–water partition coefficient (Wildman–Crippen LogP) is 4.48. The molecule has 1 aliphatic heterocycles. The number of benzene rings is 2. The molecule has 0 spiro atoms. The van der Waals surface area contributed by atoms with Crippen LogP contribution in [0.1, 0.15) is 40.2 Å². The van der Waals surface area contributed by atoms with Crippen LogP contribution in [0.2, 0.25) is 0 Å². The van der Waals surface area contributed by atoms with Crippen LogP contribution in [-0.4, -0.2) is 39.8 Å². The number of aryl methyl sites for hydroxylation is 1. The number of para-hydroxylation sites is 1. The van der Waals surface area contributed by atoms with Gasteiger partial charge in [0.1, 0.15) is 12.4 Å². The molecule has 188 valence electrons. The van der Waals surface area contributed by atoms with Crippen LogP contribution in [0.25, 0.3) is 10.9 Å². The summed E-state index contributed by atoms with van der Waals surface area (Å²) in [5, 5.41) is 17.2. The molecule has 3 heterocycles. The molecule has 0 saturated heterocycles. The van der Waals surface area contributed by atoms with Crippen molar-refractivity contribution in [2.24, 2.45) is 5.16 Å². The molecule has 2 N–H and O–H groups in total. The van der Waals surface area contributed by atoms with E-state index in [1.807, 2.05) is 61.5 Å². The molecule has 5 rings (SSSR count). The lowest BCUT2D eigenvalue weighted by atomic mass is 9.98. The van der Waals surface area contributed by atoms with Crippen molar-refractivity contribution >= 4 is 28.5 Å². The maximum Gasteiger partial charge on any atom is 0.305 e. The Hall–Kier alpha value is -4.66. The van der Waals surface area contributed by atoms with Crippen molar-refractivity contribution in [2.45, 2.75) is 38.5 Å². The lowest BCUT2D eigenvalue weighted by molar-refractivity contribution is -0.138. The molecule has 0 saturated carbocycles. The highest BCUT2D eigenvalue weighted by molar-refractivity contribution is 6.01. The molecule has 0 radical (unpaired) electrons. The van der Waals surface area contributed by atoms with Crippen molar-refractivity contribution in [3.63, 3.8) is 0 Å². The third-order valence-electron chi connectivity index (χ3n) is 6.11. The van der Waals surface area contributed by atoms with Crippen LogP contribution >= 0.6 is 0 Å². The van der Waals surface area contributed by atoms with Crippen molar-refractivity contribution < 1.29 is 28.7 Å². The van der Waals surface area contributed by atoms with E-state index < -0.39 is 24.0 Å². The average molecular weight is 500 g/mol. The zero-order valence-electron chi connectivity index (χ0n) is 20.1. The SMILES string of the molecule is Cc1cc(COc2ccc(C3=NOC(C(CC(=O)O)NC(=O)c4ccco4)C3)cc2)c2ccccc2n1. The van der Waals surface area contributed by atoms with Crippen LogP contribution in [0.5, 0.6) is 5.75 Å². The Labute approximate surface area is 212 Å². The normalized spacial score (nSPS) is 15.6. The summed E-state index contributed by atoms with van der Waals surface area (Å²) in [4.78, 5) is 33.9. The topological polar surface area (TPSA) is 123 Å². The number of aliphatic carboxylic acids is 1. The van der Waals surface area contributed by atoms with Gasteiger partial charge >= 0.3 is 5.97 Å². The van der Waals surface area contributed by atoms with Crippen LogP contribution in [0.15, 0.2) is 82.6 Å². The summed E-state index contributed by atoms with van der Waals surface area (Å²) >= 11 is 0. The fourth-order valence-corrected chi connectivity index (χ4v) is 4.31. The van der Waals surface area contributed by atoms with Gasteiger partial charge in [0.2, 0.25) is 0 Å². The van der Waals surface area contributed by atoms with Crippen molar-refractivity contribution in [3.05, 3.63) is 95.6 Å². The number of carboxylic acids is 1. The number of oxime groups is 1. The molecule has 9 heteroatoms. The average Bonchev–Trinajstić information content (AvgIpc) is 3.60. The number of furan rings is 1. The second kappa shape index (κ2) is 10.5. The highest BCUT2D eigenvalue weighted by atomic mass is 16.6. The van der Waals surface area contributed by atoms with Crippen molar-refractivity contribution in [1.29, 1.82) is 0 Å². The fourth-order valence-electron chi connectivity index (χ4n) is 4.31. The number of pyridine rings is 1. The summed E-state index contributed by atoms with van der Waals surface area (Å²) in [6, 6.07) is 19.8. The van der Waals surface area contributed by atoms with Gasteiger partial charge in [-0.15, -0.1) is 0 Å². The zero-order valence-corrected chi connectivity index (χ0v) is 20.1. The maximum absolute atomic E-state index is 12.4. The number of carbonyl (C=O) groups excluding carboxylic acids is 1. The zero-order chi connectivity index (χ0) is 25.8. The summed E-state index contributed by atoms with van der Waals surface area (Å²) in [6.45, 7) is 2.37. The smallest absolute Gasteiger partial charge is 0.305 e. The molecule has 2 aromatic carbocycles. The molecule has 1 amide bonds. The summed E-state index contributed by atoms with van der Waals surface area (Å²) in [6.07, 6.45) is 0.792. The third kappa shape index (κ3) is 5.61. The molecule has 0 bridgehead atoms. The van der Waals surface area contributed by atoms with E-state index in [0.717, 1.165) is 27.7 Å². The number of hydrogen-bond donors (Lipinski definition) is 2. The van der Waals surface area contributed by atoms with Crippen molar-refractivity contribution in [2.75, 3.05) is 0 Å². The first kappa shape index (κ1) is 24.1. The Morgan fingerprint density at radius 3 is 2.70 bits per heavy atom. The lowest BCUT2D eigenvalue weighted by Crippen LogP contribution is -2.44. The summed E-state index contributed by atoms with van der Waals surface area (Å²) in [7, 11) is 0. The van der Waals surface area contributed by atoms with Gasteiger partial charge in [-0.1, -0.05) is 23.4 Å². The van der Waals surface area contributed by atoms with Gasteiger partial charge in [-0.05, 0) is 61.0 Å². The van der Waals surface area contributed by atoms with E-state index in [2.05, 4.69) is 15.5 Å². The minimum absolute atomic E-state index is 0.0973. The van der Waals surface area contributed by atoms with Gasteiger partial charge in [0.15, 0.2) is 11.9 Å². The first-order chi connectivity index (χ1) is 18.0. The number of ether oxygens (including phenoxy) is 1. The number of rotatable bonds is 9. The van der Waals surface area contributed by atoms with Crippen LogP contribution in [0.4, 0.5) is 0 Å². The molecular weight excluding hydrogens is 474 g/mol. The molecule has 0 fully saturated rings. The van der Waals surface area contributed by atoms with Crippen LogP contribution < -0.4 is 10.1 Å². The number of carbonyl (C=O) groups is 2. The number of aromatic nitrogens is 1. The van der Waals surface area contributed by atoms with Gasteiger partial charge in [0, 0.05) is 23.1 Å². The fraction of sp³-hybridized carbons (Fsp3) is 0.214. The number of nitrogens with zero attached hydrogens (tertiary/aromatic N) is 2. The number of hydrogen-bond acceptors (Lipinski definition) is 7. The largest absolute Gasteiger partial charge is 0.489 e. The van der Waals surface area contributed by atoms with Gasteiger partial charge in [0.05, 0.1) is 30.0 Å². The first-order valence-electron chi connectivity index (χ1n) is 11.8. The van der Waals surface area contributed by atoms with E-state index in [-0.39, 0.29) is 12.2 Å². The van der Waals surface area contributed by atoms with Gasteiger partial charge in [-0.3, -0.25) is 14.6 Å². The van der Waals surface area contributed by atoms with Crippen LogP contribution in [-0.2, 0) is 16.2 Å². The monoisotopic (exact) mass is 499 g/mol. The molecule has 37 heavy (non-hydrogen) atoms. The first-order valence-corrected chi connectivity index (χ1v) is 11.8. The maximum atomic E-state index is 12.4. The van der Waals surface area contributed by atoms with E-state index in [9.17, 15) is 14.7 Å². The number of fused-ring (bicyclic) bond motifs is 1. The Morgan fingerprint density at radius 1 is 1.14 bits per heavy atom. The summed E-state index contributed by atoms with van der Waals surface area (Å²) in [5.74, 6) is -0.764. The van der Waals surface area contributed by atoms with E-state index in [1.54, 1.807) is 6.07 Å². The Balaban J connectivity index is 1.22. The molecule has 1 aliphatic rings. The molecular formula is C28H25N3O6.